The molecule has 0 atom stereocenters. The molecule has 33 aromatic rings. The predicted molar refractivity (Wildman–Crippen MR) is 636 cm³/mol. The quantitative estimate of drug-likeness (QED) is 0.169. The number of aromatic nitrogens is 5. The fourth-order valence-corrected chi connectivity index (χ4v) is 27.3. The van der Waals surface area contributed by atoms with Crippen LogP contribution in [-0.4, -0.2) is 22.8 Å². The summed E-state index contributed by atoms with van der Waals surface area (Å²) in [6.45, 7) is 0. The Morgan fingerprint density at radius 2 is 0.547 bits per heavy atom. The van der Waals surface area contributed by atoms with Gasteiger partial charge in [-0.3, -0.25) is 0 Å². The first-order chi connectivity index (χ1) is 74.4. The summed E-state index contributed by atoms with van der Waals surface area (Å²) in [4.78, 5) is 0. The van der Waals surface area contributed by atoms with E-state index in [9.17, 15) is 0 Å². The van der Waals surface area contributed by atoms with E-state index in [4.69, 9.17) is 4.42 Å². The average molecular weight is 1920 g/mol. The van der Waals surface area contributed by atoms with E-state index in [1.165, 1.54) is 272 Å². The molecule has 0 radical (unpaired) electrons. The minimum absolute atomic E-state index is 0.354. The lowest BCUT2D eigenvalue weighted by Crippen LogP contribution is -2.25. The van der Waals surface area contributed by atoms with Crippen LogP contribution in [0.15, 0.2) is 532 Å². The largest absolute Gasteiger partial charge is 0.456 e. The van der Waals surface area contributed by atoms with Gasteiger partial charge < -0.3 is 27.3 Å². The van der Waals surface area contributed by atoms with Crippen molar-refractivity contribution in [3.8, 4) is 50.7 Å². The Hall–Kier alpha value is -19.4. The fraction of sp³-hybridized carbons (Fsp3) is 0.00699. The van der Waals surface area contributed by atoms with Crippen molar-refractivity contribution >= 4 is 238 Å². The van der Waals surface area contributed by atoms with Gasteiger partial charge in [-0.1, -0.05) is 388 Å². The van der Waals surface area contributed by atoms with Crippen molar-refractivity contribution < 1.29 is 4.42 Å². The highest BCUT2D eigenvalue weighted by Gasteiger charge is 2.52. The fourth-order valence-electron chi connectivity index (χ4n) is 26.1. The third-order valence-electron chi connectivity index (χ3n) is 32.5. The number of furan rings is 1. The molecule has 35 rings (SSSR count). The molecule has 7 heteroatoms. The SMILES string of the molecule is c1ccc(-n2c3cc4c(cc3c3c5ccccc5ccc32)c2ccc3ccccc3c2n4-c2ccccc2)cc1.c1ccc(-n2c3cc4c(cc3c3ccc5ccccc5c32)-c2ccccc2C42c3ccccc3-c3ccccc32)cc1.c1ccc2cc(-n3c4cc5sc6ccccc6c5cc4c4c5ccccc5ccc43)ccc2c1.c1ccc2cc3c(cc2c1)c1cc2c(cc1n3-c1cccc3ccccc13)oc1ccccc12. The minimum Gasteiger partial charge on any atom is -0.456 e. The van der Waals surface area contributed by atoms with Gasteiger partial charge in [-0.15, -0.1) is 11.3 Å². The minimum atomic E-state index is -0.354. The summed E-state index contributed by atoms with van der Waals surface area (Å²) in [6, 6.07) is 193. The highest BCUT2D eigenvalue weighted by molar-refractivity contribution is 7.25. The van der Waals surface area contributed by atoms with Gasteiger partial charge in [0.1, 0.15) is 11.2 Å². The van der Waals surface area contributed by atoms with Gasteiger partial charge in [0.25, 0.3) is 0 Å². The van der Waals surface area contributed by atoms with Gasteiger partial charge in [-0.05, 0) is 237 Å². The molecule has 0 N–H and O–H groups in total. The molecule has 0 aliphatic heterocycles. The lowest BCUT2D eigenvalue weighted by molar-refractivity contribution is 0.669. The molecule has 0 saturated heterocycles. The summed E-state index contributed by atoms with van der Waals surface area (Å²) in [5, 5.41) is 35.6. The van der Waals surface area contributed by atoms with E-state index in [0.29, 0.717) is 0 Å². The maximum Gasteiger partial charge on any atom is 0.137 e. The summed E-state index contributed by atoms with van der Waals surface area (Å²) in [7, 11) is 0. The Balaban J connectivity index is 0.0000000886. The van der Waals surface area contributed by atoms with Crippen LogP contribution >= 0.6 is 11.3 Å². The monoisotopic (exact) mass is 1920 g/mol. The molecule has 26 aromatic carbocycles. The Morgan fingerprint density at radius 1 is 0.160 bits per heavy atom. The van der Waals surface area contributed by atoms with Crippen molar-refractivity contribution in [2.24, 2.45) is 0 Å². The maximum atomic E-state index is 6.30. The van der Waals surface area contributed by atoms with Crippen LogP contribution in [0.2, 0.25) is 0 Å². The molecule has 2 aliphatic rings. The maximum absolute atomic E-state index is 6.30. The van der Waals surface area contributed by atoms with Gasteiger partial charge in [0, 0.05) is 130 Å². The average Bonchev–Trinajstić information content (AvgIpc) is 1.50. The van der Waals surface area contributed by atoms with E-state index in [1.54, 1.807) is 0 Å². The van der Waals surface area contributed by atoms with Crippen LogP contribution in [0.3, 0.4) is 0 Å². The zero-order valence-electron chi connectivity index (χ0n) is 81.3. The number of thiophene rings is 1. The first-order valence-electron chi connectivity index (χ1n) is 51.7. The first-order valence-corrected chi connectivity index (χ1v) is 52.5. The number of hydrogen-bond donors (Lipinski definition) is 0. The van der Waals surface area contributed by atoms with Crippen molar-refractivity contribution in [2.45, 2.75) is 5.41 Å². The van der Waals surface area contributed by atoms with Crippen molar-refractivity contribution in [1.82, 2.24) is 22.8 Å². The highest BCUT2D eigenvalue weighted by Crippen LogP contribution is 2.64. The molecule has 0 saturated carbocycles. The van der Waals surface area contributed by atoms with E-state index in [2.05, 4.69) is 538 Å². The zero-order chi connectivity index (χ0) is 98.1. The van der Waals surface area contributed by atoms with Crippen LogP contribution in [0, 0.1) is 0 Å². The molecule has 1 spiro atoms. The third kappa shape index (κ3) is 12.4. The van der Waals surface area contributed by atoms with E-state index in [-0.39, 0.29) is 5.41 Å². The summed E-state index contributed by atoms with van der Waals surface area (Å²) < 4.78 is 21.2. The van der Waals surface area contributed by atoms with Gasteiger partial charge in [-0.2, -0.15) is 0 Å². The Bertz CT molecular complexity index is 11500. The number of rotatable bonds is 5. The molecule has 6 nitrogen and oxygen atoms in total. The lowest BCUT2D eigenvalue weighted by atomic mass is 9.70. The second kappa shape index (κ2) is 32.8. The van der Waals surface area contributed by atoms with Gasteiger partial charge >= 0.3 is 0 Å². The van der Waals surface area contributed by atoms with Crippen molar-refractivity contribution in [2.75, 3.05) is 0 Å². The summed E-state index contributed by atoms with van der Waals surface area (Å²) in [5.74, 6) is 0. The Labute approximate surface area is 864 Å². The smallest absolute Gasteiger partial charge is 0.137 e. The van der Waals surface area contributed by atoms with Crippen LogP contribution in [0.25, 0.3) is 277 Å². The second-order valence-electron chi connectivity index (χ2n) is 40.3. The summed E-state index contributed by atoms with van der Waals surface area (Å²) in [5.41, 5.74) is 30.6. The molecule has 0 fully saturated rings. The van der Waals surface area contributed by atoms with Crippen molar-refractivity contribution in [3.05, 3.63) is 550 Å². The third-order valence-corrected chi connectivity index (χ3v) is 33.7. The van der Waals surface area contributed by atoms with Crippen LogP contribution in [0.5, 0.6) is 0 Å². The van der Waals surface area contributed by atoms with Crippen molar-refractivity contribution in [3.63, 3.8) is 0 Å². The number of nitrogens with zero attached hydrogens (tertiary/aromatic N) is 5. The van der Waals surface area contributed by atoms with Gasteiger partial charge in [0.2, 0.25) is 0 Å². The summed E-state index contributed by atoms with van der Waals surface area (Å²) >= 11 is 1.88. The highest BCUT2D eigenvalue weighted by atomic mass is 32.1. The standard InChI is InChI=1S/C41H25N.C38H24N2.C32H19NO.C32H19NS/c1-2-13-27(14-3-1)42-39-25-38-33(24-34(39)32-23-22-26-12-4-5-15-28(26)40(32)42)31-18-8-11-21-37(31)41(38)35-19-9-6-16-29(35)30-17-7-10-20-36(30)41;1-3-13-27(14-4-1)39-34-22-20-25-11-7-9-17-29(25)37(34)33-23-32-31-21-19-26-12-8-10-18-30(26)38(31)40(35(32)24-36(33)39)28-15-5-2-6-16-28;1-2-10-22-17-29-25(16-21(22)9-1)26-18-27-24-13-5-6-15-31(24)34-32(27)19-30(26)33(29)28-14-7-11-20-8-3-4-12-23(20)28;1-2-9-22-17-23(15-13-20(22)7-1)33-28-16-14-21-8-3-4-10-24(21)32(28)27-18-26-25-11-5-6-12-30(25)34-31(26)19-29(27)33/h1-25H;1-24H;2*1-19H. The van der Waals surface area contributed by atoms with E-state index in [1.807, 2.05) is 23.5 Å². The lowest BCUT2D eigenvalue weighted by Gasteiger charge is -2.30. The van der Waals surface area contributed by atoms with Crippen LogP contribution in [0.1, 0.15) is 22.3 Å². The number of hydrogen-bond acceptors (Lipinski definition) is 2. The first kappa shape index (κ1) is 84.0. The molecule has 7 heterocycles. The molecule has 696 valence electrons. The molecule has 0 unspecified atom stereocenters. The van der Waals surface area contributed by atoms with E-state index >= 15 is 0 Å². The van der Waals surface area contributed by atoms with Crippen LogP contribution < -0.4 is 0 Å². The van der Waals surface area contributed by atoms with Crippen LogP contribution in [0.4, 0.5) is 0 Å². The predicted octanol–water partition coefficient (Wildman–Crippen LogP) is 38.9. The molecule has 2 aliphatic carbocycles. The molecular weight excluding hydrogens is 1840 g/mol. The van der Waals surface area contributed by atoms with Gasteiger partial charge in [0.15, 0.2) is 0 Å². The topological polar surface area (TPSA) is 37.8 Å². The molecule has 7 aromatic heterocycles. The molecule has 0 bridgehead atoms. The Morgan fingerprint density at radius 3 is 1.15 bits per heavy atom. The number of benzene rings is 26. The number of para-hydroxylation sites is 4. The number of fused-ring (bicyclic) bond motifs is 42. The molecular formula is C143H87N5OS. The normalized spacial score (nSPS) is 12.6. The Kier molecular flexibility index (Phi) is 18.4. The van der Waals surface area contributed by atoms with Crippen LogP contribution in [-0.2, 0) is 5.41 Å². The molecule has 0 amide bonds. The van der Waals surface area contributed by atoms with E-state index in [0.717, 1.165) is 27.5 Å². The van der Waals surface area contributed by atoms with Gasteiger partial charge in [-0.25, -0.2) is 0 Å². The van der Waals surface area contributed by atoms with Crippen molar-refractivity contribution in [1.29, 1.82) is 0 Å². The second-order valence-corrected chi connectivity index (χ2v) is 41.4. The summed E-state index contributed by atoms with van der Waals surface area (Å²) in [6.07, 6.45) is 0. The van der Waals surface area contributed by atoms with E-state index < -0.39 is 0 Å². The van der Waals surface area contributed by atoms with Gasteiger partial charge in [0.05, 0.1) is 66.3 Å². The zero-order valence-corrected chi connectivity index (χ0v) is 82.1. The molecule has 150 heavy (non-hydrogen) atoms.